The van der Waals surface area contributed by atoms with Gasteiger partial charge in [-0.1, -0.05) is 19.3 Å². The van der Waals surface area contributed by atoms with Crippen LogP contribution in [0.3, 0.4) is 0 Å². The summed E-state index contributed by atoms with van der Waals surface area (Å²) >= 11 is 5.74. The quantitative estimate of drug-likeness (QED) is 0.708. The Morgan fingerprint density at radius 1 is 1.05 bits per heavy atom. The average molecular weight is 309 g/mol. The molecule has 1 heterocycles. The van der Waals surface area contributed by atoms with Crippen LogP contribution in [0.4, 0.5) is 0 Å². The summed E-state index contributed by atoms with van der Waals surface area (Å²) in [7, 11) is -3.27. The summed E-state index contributed by atoms with van der Waals surface area (Å²) in [5.41, 5.74) is 0. The molecule has 0 N–H and O–H groups in total. The van der Waals surface area contributed by atoms with Crippen molar-refractivity contribution in [2.45, 2.75) is 57.4 Å². The van der Waals surface area contributed by atoms with Crippen molar-refractivity contribution in [1.82, 2.24) is 8.61 Å². The maximum Gasteiger partial charge on any atom is 0.282 e. The summed E-state index contributed by atoms with van der Waals surface area (Å²) in [5.74, 6) is 0.527. The average Bonchev–Trinajstić information content (AvgIpc) is 2.60. The zero-order chi connectivity index (χ0) is 13.7. The van der Waals surface area contributed by atoms with Gasteiger partial charge in [0, 0.05) is 31.6 Å². The molecule has 0 atom stereocenters. The minimum Gasteiger partial charge on any atom is -0.195 e. The third kappa shape index (κ3) is 3.84. The largest absolute Gasteiger partial charge is 0.282 e. The molecular weight excluding hydrogens is 284 g/mol. The van der Waals surface area contributed by atoms with Crippen molar-refractivity contribution in [3.05, 3.63) is 0 Å². The molecule has 112 valence electrons. The van der Waals surface area contributed by atoms with Crippen LogP contribution < -0.4 is 0 Å². The zero-order valence-corrected chi connectivity index (χ0v) is 13.1. The second-order valence-electron chi connectivity index (χ2n) is 5.56. The molecule has 1 saturated heterocycles. The van der Waals surface area contributed by atoms with Gasteiger partial charge in [-0.2, -0.15) is 17.0 Å². The van der Waals surface area contributed by atoms with Crippen molar-refractivity contribution in [2.24, 2.45) is 0 Å². The molecule has 2 rings (SSSR count). The second kappa shape index (κ2) is 7.25. The van der Waals surface area contributed by atoms with Gasteiger partial charge in [0.25, 0.3) is 10.2 Å². The number of nitrogens with zero attached hydrogens (tertiary/aromatic N) is 2. The highest BCUT2D eigenvalue weighted by Gasteiger charge is 2.37. The van der Waals surface area contributed by atoms with E-state index in [2.05, 4.69) is 0 Å². The lowest BCUT2D eigenvalue weighted by molar-refractivity contribution is 0.204. The molecule has 1 aliphatic carbocycles. The lowest BCUT2D eigenvalue weighted by atomic mass is 9.93. The molecule has 0 spiro atoms. The van der Waals surface area contributed by atoms with Crippen molar-refractivity contribution in [1.29, 1.82) is 0 Å². The monoisotopic (exact) mass is 308 g/mol. The van der Waals surface area contributed by atoms with Crippen molar-refractivity contribution >= 4 is 21.8 Å². The first-order chi connectivity index (χ1) is 9.16. The van der Waals surface area contributed by atoms with Crippen LogP contribution in [0, 0.1) is 0 Å². The van der Waals surface area contributed by atoms with E-state index in [0.717, 1.165) is 51.4 Å². The van der Waals surface area contributed by atoms with Crippen molar-refractivity contribution in [2.75, 3.05) is 25.5 Å². The fourth-order valence-corrected chi connectivity index (χ4v) is 4.88. The van der Waals surface area contributed by atoms with Crippen LogP contribution in [0.5, 0.6) is 0 Å². The van der Waals surface area contributed by atoms with E-state index in [4.69, 9.17) is 11.6 Å². The smallest absolute Gasteiger partial charge is 0.195 e. The molecule has 1 saturated carbocycles. The van der Waals surface area contributed by atoms with Crippen LogP contribution in [0.15, 0.2) is 0 Å². The van der Waals surface area contributed by atoms with E-state index >= 15 is 0 Å². The Morgan fingerprint density at radius 2 is 1.68 bits per heavy atom. The number of hydrogen-bond acceptors (Lipinski definition) is 2. The number of alkyl halides is 1. The van der Waals surface area contributed by atoms with Gasteiger partial charge >= 0.3 is 0 Å². The molecule has 1 aliphatic heterocycles. The third-order valence-corrected chi connectivity index (χ3v) is 6.54. The van der Waals surface area contributed by atoms with E-state index in [1.54, 1.807) is 8.61 Å². The molecule has 0 unspecified atom stereocenters. The molecule has 19 heavy (non-hydrogen) atoms. The Labute approximate surface area is 122 Å². The van der Waals surface area contributed by atoms with E-state index in [-0.39, 0.29) is 6.04 Å². The van der Waals surface area contributed by atoms with Crippen LogP contribution in [-0.4, -0.2) is 48.6 Å². The van der Waals surface area contributed by atoms with Crippen LogP contribution in [0.25, 0.3) is 0 Å². The van der Waals surface area contributed by atoms with Crippen molar-refractivity contribution < 1.29 is 8.42 Å². The van der Waals surface area contributed by atoms with E-state index < -0.39 is 10.2 Å². The van der Waals surface area contributed by atoms with Gasteiger partial charge in [-0.25, -0.2) is 0 Å². The predicted molar refractivity (Wildman–Crippen MR) is 78.6 cm³/mol. The van der Waals surface area contributed by atoms with E-state index in [9.17, 15) is 8.42 Å². The van der Waals surface area contributed by atoms with Crippen LogP contribution in [0.2, 0.25) is 0 Å². The van der Waals surface area contributed by atoms with Crippen LogP contribution in [0.1, 0.15) is 51.4 Å². The first-order valence-electron chi connectivity index (χ1n) is 7.49. The predicted octanol–water partition coefficient (Wildman–Crippen LogP) is 2.59. The molecule has 0 aromatic carbocycles. The van der Waals surface area contributed by atoms with E-state index in [1.165, 1.54) is 0 Å². The Balaban J connectivity index is 2.07. The Morgan fingerprint density at radius 3 is 2.16 bits per heavy atom. The highest BCUT2D eigenvalue weighted by atomic mass is 35.5. The molecule has 0 radical (unpaired) electrons. The summed E-state index contributed by atoms with van der Waals surface area (Å²) in [6.45, 7) is 1.95. The Bertz CT molecular complexity index is 363. The summed E-state index contributed by atoms with van der Waals surface area (Å²) in [5, 5.41) is 0. The van der Waals surface area contributed by atoms with Crippen molar-refractivity contribution in [3.8, 4) is 0 Å². The molecule has 4 nitrogen and oxygen atoms in total. The second-order valence-corrected chi connectivity index (χ2v) is 7.82. The van der Waals surface area contributed by atoms with E-state index in [0.29, 0.717) is 25.5 Å². The summed E-state index contributed by atoms with van der Waals surface area (Å²) in [4.78, 5) is 0. The standard InChI is InChI=1S/C13H25ClN2O2S/c14-9-6-12-16(13-7-5-8-13)19(17,18)15-10-3-1-2-4-11-15/h13H,1-12H2. The summed E-state index contributed by atoms with van der Waals surface area (Å²) in [6, 6.07) is 0.219. The number of halogens is 1. The fraction of sp³-hybridized carbons (Fsp3) is 1.00. The highest BCUT2D eigenvalue weighted by Crippen LogP contribution is 2.29. The lowest BCUT2D eigenvalue weighted by Gasteiger charge is -2.39. The molecule has 2 fully saturated rings. The SMILES string of the molecule is O=S(=O)(N1CCCCCC1)N(CCCCl)C1CCC1. The maximum absolute atomic E-state index is 12.8. The van der Waals surface area contributed by atoms with Crippen LogP contribution in [-0.2, 0) is 10.2 Å². The van der Waals surface area contributed by atoms with Gasteiger partial charge in [0.2, 0.25) is 0 Å². The number of rotatable bonds is 6. The first-order valence-corrected chi connectivity index (χ1v) is 9.42. The van der Waals surface area contributed by atoms with Crippen molar-refractivity contribution in [3.63, 3.8) is 0 Å². The van der Waals surface area contributed by atoms with Gasteiger partial charge in [-0.3, -0.25) is 0 Å². The van der Waals surface area contributed by atoms with E-state index in [1.807, 2.05) is 0 Å². The fourth-order valence-electron chi connectivity index (χ4n) is 2.80. The normalized spacial score (nSPS) is 23.3. The highest BCUT2D eigenvalue weighted by molar-refractivity contribution is 7.86. The Hall–Kier alpha value is 0.160. The van der Waals surface area contributed by atoms with Gasteiger partial charge in [0.1, 0.15) is 0 Å². The maximum atomic E-state index is 12.8. The van der Waals surface area contributed by atoms with Gasteiger partial charge in [-0.15, -0.1) is 11.6 Å². The summed E-state index contributed by atoms with van der Waals surface area (Å²) in [6.07, 6.45) is 8.20. The lowest BCUT2D eigenvalue weighted by Crippen LogP contribution is -2.51. The number of hydrogen-bond donors (Lipinski definition) is 0. The molecular formula is C13H25ClN2O2S. The first kappa shape index (κ1) is 15.5. The molecule has 6 heteroatoms. The minimum absolute atomic E-state index is 0.219. The molecule has 0 bridgehead atoms. The minimum atomic E-state index is -3.27. The van der Waals surface area contributed by atoms with Gasteiger partial charge < -0.3 is 0 Å². The molecule has 0 amide bonds. The van der Waals surface area contributed by atoms with Gasteiger partial charge in [-0.05, 0) is 32.1 Å². The zero-order valence-electron chi connectivity index (χ0n) is 11.6. The van der Waals surface area contributed by atoms with Crippen LogP contribution >= 0.6 is 11.6 Å². The third-order valence-electron chi connectivity index (χ3n) is 4.18. The summed E-state index contributed by atoms with van der Waals surface area (Å²) < 4.78 is 29.0. The Kier molecular flexibility index (Phi) is 5.93. The molecule has 0 aromatic heterocycles. The van der Waals surface area contributed by atoms with Gasteiger partial charge in [0.15, 0.2) is 0 Å². The topological polar surface area (TPSA) is 40.6 Å². The molecule has 0 aromatic rings. The molecule has 2 aliphatic rings. The van der Waals surface area contributed by atoms with Gasteiger partial charge in [0.05, 0.1) is 0 Å².